The minimum atomic E-state index is -0.445. The van der Waals surface area contributed by atoms with Gasteiger partial charge < -0.3 is 15.0 Å². The van der Waals surface area contributed by atoms with Crippen LogP contribution in [0.4, 0.5) is 0 Å². The zero-order chi connectivity index (χ0) is 14.4. The van der Waals surface area contributed by atoms with Crippen molar-refractivity contribution in [2.75, 3.05) is 6.61 Å². The smallest absolute Gasteiger partial charge is 0.244 e. The summed E-state index contributed by atoms with van der Waals surface area (Å²) in [7, 11) is 0. The summed E-state index contributed by atoms with van der Waals surface area (Å²) >= 11 is 0. The molecular weight excluding hydrogens is 254 g/mol. The van der Waals surface area contributed by atoms with Crippen molar-refractivity contribution in [2.45, 2.75) is 25.5 Å². The first-order valence-electron chi connectivity index (χ1n) is 6.45. The SMILES string of the molecule is C#CCC(N)c1nc(C(OCC)c2ccccc2)no1. The van der Waals surface area contributed by atoms with E-state index in [2.05, 4.69) is 16.1 Å². The fourth-order valence-electron chi connectivity index (χ4n) is 1.83. The summed E-state index contributed by atoms with van der Waals surface area (Å²) in [5, 5.41) is 3.96. The summed E-state index contributed by atoms with van der Waals surface area (Å²) in [6.45, 7) is 2.46. The lowest BCUT2D eigenvalue weighted by Crippen LogP contribution is -2.11. The number of rotatable bonds is 6. The molecule has 2 atom stereocenters. The van der Waals surface area contributed by atoms with Gasteiger partial charge in [0.25, 0.3) is 0 Å². The summed E-state index contributed by atoms with van der Waals surface area (Å²) in [6.07, 6.45) is 5.22. The van der Waals surface area contributed by atoms with E-state index in [1.807, 2.05) is 37.3 Å². The van der Waals surface area contributed by atoms with Gasteiger partial charge in [0, 0.05) is 13.0 Å². The maximum Gasteiger partial charge on any atom is 0.244 e. The second-order valence-corrected chi connectivity index (χ2v) is 4.25. The Balaban J connectivity index is 2.25. The van der Waals surface area contributed by atoms with E-state index in [9.17, 15) is 0 Å². The van der Waals surface area contributed by atoms with Gasteiger partial charge in [0.05, 0.1) is 6.04 Å². The standard InChI is InChI=1S/C15H17N3O2/c1-3-8-12(16)15-17-14(18-20-15)13(19-4-2)11-9-6-5-7-10-11/h1,5-7,9-10,12-13H,4,8,16H2,2H3. The first kappa shape index (κ1) is 14.3. The number of benzene rings is 1. The summed E-state index contributed by atoms with van der Waals surface area (Å²) in [6, 6.07) is 9.28. The maximum atomic E-state index is 5.85. The van der Waals surface area contributed by atoms with E-state index in [1.165, 1.54) is 0 Å². The number of nitrogens with zero attached hydrogens (tertiary/aromatic N) is 2. The van der Waals surface area contributed by atoms with E-state index in [1.54, 1.807) is 0 Å². The molecule has 0 aliphatic carbocycles. The van der Waals surface area contributed by atoms with Crippen molar-refractivity contribution < 1.29 is 9.26 Å². The third-order valence-corrected chi connectivity index (χ3v) is 2.78. The maximum absolute atomic E-state index is 5.85. The second kappa shape index (κ2) is 6.85. The van der Waals surface area contributed by atoms with Gasteiger partial charge in [0.2, 0.25) is 11.7 Å². The molecule has 0 aliphatic heterocycles. The normalized spacial score (nSPS) is 13.7. The minimum Gasteiger partial charge on any atom is -0.366 e. The van der Waals surface area contributed by atoms with Crippen molar-refractivity contribution >= 4 is 0 Å². The molecule has 1 aromatic heterocycles. The third-order valence-electron chi connectivity index (χ3n) is 2.78. The molecule has 0 amide bonds. The Kier molecular flexibility index (Phi) is 4.88. The van der Waals surface area contributed by atoms with Crippen LogP contribution < -0.4 is 5.73 Å². The van der Waals surface area contributed by atoms with Gasteiger partial charge >= 0.3 is 0 Å². The van der Waals surface area contributed by atoms with Crippen LogP contribution in [0.3, 0.4) is 0 Å². The molecule has 2 N–H and O–H groups in total. The molecule has 0 fully saturated rings. The van der Waals surface area contributed by atoms with Crippen molar-refractivity contribution in [1.82, 2.24) is 10.1 Å². The number of hydrogen-bond donors (Lipinski definition) is 1. The Hall–Kier alpha value is -2.16. The lowest BCUT2D eigenvalue weighted by molar-refractivity contribution is 0.0833. The summed E-state index contributed by atoms with van der Waals surface area (Å²) < 4.78 is 10.9. The molecule has 0 spiro atoms. The number of nitrogens with two attached hydrogens (primary N) is 1. The van der Waals surface area contributed by atoms with Crippen LogP contribution in [-0.4, -0.2) is 16.7 Å². The largest absolute Gasteiger partial charge is 0.366 e. The molecule has 1 heterocycles. The van der Waals surface area contributed by atoms with E-state index in [-0.39, 0.29) is 6.10 Å². The monoisotopic (exact) mass is 271 g/mol. The highest BCUT2D eigenvalue weighted by atomic mass is 16.5. The van der Waals surface area contributed by atoms with Crippen LogP contribution in [0.1, 0.15) is 42.8 Å². The first-order chi connectivity index (χ1) is 9.76. The highest BCUT2D eigenvalue weighted by Gasteiger charge is 2.22. The molecule has 0 radical (unpaired) electrons. The fourth-order valence-corrected chi connectivity index (χ4v) is 1.83. The van der Waals surface area contributed by atoms with Crippen LogP contribution in [0, 0.1) is 12.3 Å². The van der Waals surface area contributed by atoms with Gasteiger partial charge in [-0.25, -0.2) is 0 Å². The van der Waals surface area contributed by atoms with Crippen LogP contribution >= 0.6 is 0 Å². The van der Waals surface area contributed by atoms with E-state index in [4.69, 9.17) is 21.4 Å². The molecule has 0 aliphatic rings. The topological polar surface area (TPSA) is 74.2 Å². The summed E-state index contributed by atoms with van der Waals surface area (Å²) in [5.41, 5.74) is 6.82. The Morgan fingerprint density at radius 2 is 2.15 bits per heavy atom. The molecule has 1 aromatic carbocycles. The van der Waals surface area contributed by atoms with Crippen molar-refractivity contribution in [3.63, 3.8) is 0 Å². The molecule has 5 nitrogen and oxygen atoms in total. The Bertz CT molecular complexity index is 574. The van der Waals surface area contributed by atoms with Gasteiger partial charge in [-0.15, -0.1) is 12.3 Å². The lowest BCUT2D eigenvalue weighted by Gasteiger charge is -2.13. The van der Waals surface area contributed by atoms with Gasteiger partial charge in [-0.3, -0.25) is 0 Å². The summed E-state index contributed by atoms with van der Waals surface area (Å²) in [5.74, 6) is 3.27. The van der Waals surface area contributed by atoms with Gasteiger partial charge in [0.15, 0.2) is 0 Å². The first-order valence-corrected chi connectivity index (χ1v) is 6.45. The average Bonchev–Trinajstić information content (AvgIpc) is 2.95. The molecule has 20 heavy (non-hydrogen) atoms. The molecular formula is C15H17N3O2. The quantitative estimate of drug-likeness (QED) is 0.815. The predicted molar refractivity (Wildman–Crippen MR) is 74.6 cm³/mol. The van der Waals surface area contributed by atoms with Crippen molar-refractivity contribution in [1.29, 1.82) is 0 Å². The van der Waals surface area contributed by atoms with Crippen LogP contribution in [-0.2, 0) is 4.74 Å². The second-order valence-electron chi connectivity index (χ2n) is 4.25. The van der Waals surface area contributed by atoms with Crippen molar-refractivity contribution in [2.24, 2.45) is 5.73 Å². The molecule has 5 heteroatoms. The zero-order valence-electron chi connectivity index (χ0n) is 11.3. The van der Waals surface area contributed by atoms with Gasteiger partial charge in [-0.05, 0) is 12.5 Å². The molecule has 2 aromatic rings. The third kappa shape index (κ3) is 3.23. The van der Waals surface area contributed by atoms with Gasteiger partial charge in [0.1, 0.15) is 6.10 Å². The predicted octanol–water partition coefficient (Wildman–Crippen LogP) is 2.22. The van der Waals surface area contributed by atoms with E-state index in [0.717, 1.165) is 5.56 Å². The molecule has 104 valence electrons. The number of hydrogen-bond acceptors (Lipinski definition) is 5. The van der Waals surface area contributed by atoms with E-state index in [0.29, 0.717) is 24.7 Å². The Morgan fingerprint density at radius 3 is 2.80 bits per heavy atom. The number of terminal acetylenes is 1. The Morgan fingerprint density at radius 1 is 1.40 bits per heavy atom. The minimum absolute atomic E-state index is 0.332. The van der Waals surface area contributed by atoms with Crippen LogP contribution in [0.5, 0.6) is 0 Å². The lowest BCUT2D eigenvalue weighted by atomic mass is 10.1. The Labute approximate surface area is 118 Å². The van der Waals surface area contributed by atoms with E-state index >= 15 is 0 Å². The van der Waals surface area contributed by atoms with Crippen molar-refractivity contribution in [3.05, 3.63) is 47.6 Å². The van der Waals surface area contributed by atoms with Gasteiger partial charge in [-0.1, -0.05) is 35.5 Å². The molecule has 0 saturated carbocycles. The highest BCUT2D eigenvalue weighted by Crippen LogP contribution is 2.24. The average molecular weight is 271 g/mol. The molecule has 2 unspecified atom stereocenters. The molecule has 0 saturated heterocycles. The summed E-state index contributed by atoms with van der Waals surface area (Å²) in [4.78, 5) is 4.30. The highest BCUT2D eigenvalue weighted by molar-refractivity contribution is 5.22. The molecule has 2 rings (SSSR count). The number of ether oxygens (including phenoxy) is 1. The van der Waals surface area contributed by atoms with Crippen LogP contribution in [0.15, 0.2) is 34.9 Å². The van der Waals surface area contributed by atoms with Gasteiger partial charge in [-0.2, -0.15) is 4.98 Å². The zero-order valence-corrected chi connectivity index (χ0v) is 11.3. The molecule has 0 bridgehead atoms. The van der Waals surface area contributed by atoms with Crippen LogP contribution in [0.2, 0.25) is 0 Å². The fraction of sp³-hybridized carbons (Fsp3) is 0.333. The van der Waals surface area contributed by atoms with Crippen LogP contribution in [0.25, 0.3) is 0 Å². The van der Waals surface area contributed by atoms with Crippen molar-refractivity contribution in [3.8, 4) is 12.3 Å². The van der Waals surface area contributed by atoms with E-state index < -0.39 is 6.04 Å². The number of aromatic nitrogens is 2.